The SMILES string of the molecule is COC1(CNc2ccnc(N)c2)CCOC1. The molecule has 1 atom stereocenters. The third-order valence-electron chi connectivity index (χ3n) is 2.90. The Kier molecular flexibility index (Phi) is 3.26. The van der Waals surface area contributed by atoms with Gasteiger partial charge in [-0.3, -0.25) is 0 Å². The summed E-state index contributed by atoms with van der Waals surface area (Å²) in [6, 6.07) is 3.69. The summed E-state index contributed by atoms with van der Waals surface area (Å²) in [6.07, 6.45) is 2.60. The van der Waals surface area contributed by atoms with Crippen LogP contribution in [-0.4, -0.2) is 37.5 Å². The lowest BCUT2D eigenvalue weighted by Gasteiger charge is -2.26. The van der Waals surface area contributed by atoms with Gasteiger partial charge in [0.25, 0.3) is 0 Å². The zero-order valence-electron chi connectivity index (χ0n) is 9.40. The molecule has 88 valence electrons. The lowest BCUT2D eigenvalue weighted by atomic mass is 10.0. The molecule has 0 aliphatic carbocycles. The van der Waals surface area contributed by atoms with E-state index in [0.717, 1.165) is 18.7 Å². The molecule has 2 rings (SSSR count). The van der Waals surface area contributed by atoms with Gasteiger partial charge in [0.05, 0.1) is 6.61 Å². The van der Waals surface area contributed by atoms with Gasteiger partial charge in [-0.2, -0.15) is 0 Å². The van der Waals surface area contributed by atoms with Gasteiger partial charge < -0.3 is 20.5 Å². The molecule has 1 aromatic heterocycles. The fourth-order valence-corrected chi connectivity index (χ4v) is 1.78. The number of nitrogen functional groups attached to an aromatic ring is 1. The van der Waals surface area contributed by atoms with Gasteiger partial charge in [-0.1, -0.05) is 0 Å². The maximum atomic E-state index is 5.60. The largest absolute Gasteiger partial charge is 0.384 e. The second-order valence-electron chi connectivity index (χ2n) is 4.01. The molecule has 5 heteroatoms. The summed E-state index contributed by atoms with van der Waals surface area (Å²) < 4.78 is 10.9. The van der Waals surface area contributed by atoms with Gasteiger partial charge in [0.2, 0.25) is 0 Å². The topological polar surface area (TPSA) is 69.4 Å². The molecule has 1 unspecified atom stereocenters. The second kappa shape index (κ2) is 4.67. The van der Waals surface area contributed by atoms with Crippen LogP contribution in [0.15, 0.2) is 18.3 Å². The molecule has 1 aliphatic rings. The number of pyridine rings is 1. The highest BCUT2D eigenvalue weighted by Gasteiger charge is 2.34. The number of ether oxygens (including phenoxy) is 2. The van der Waals surface area contributed by atoms with Crippen LogP contribution in [0.1, 0.15) is 6.42 Å². The maximum Gasteiger partial charge on any atom is 0.125 e. The number of nitrogens with one attached hydrogen (secondary N) is 1. The first kappa shape index (κ1) is 11.2. The highest BCUT2D eigenvalue weighted by molar-refractivity contribution is 5.49. The van der Waals surface area contributed by atoms with Crippen LogP contribution in [0.5, 0.6) is 0 Å². The van der Waals surface area contributed by atoms with Gasteiger partial charge in [-0.25, -0.2) is 4.98 Å². The molecule has 1 aliphatic heterocycles. The number of hydrogen-bond donors (Lipinski definition) is 2. The van der Waals surface area contributed by atoms with Gasteiger partial charge in [0.1, 0.15) is 11.4 Å². The van der Waals surface area contributed by atoms with Crippen molar-refractivity contribution < 1.29 is 9.47 Å². The van der Waals surface area contributed by atoms with Crippen LogP contribution in [0.3, 0.4) is 0 Å². The molecule has 0 radical (unpaired) electrons. The van der Waals surface area contributed by atoms with Gasteiger partial charge >= 0.3 is 0 Å². The summed E-state index contributed by atoms with van der Waals surface area (Å²) >= 11 is 0. The first-order valence-corrected chi connectivity index (χ1v) is 5.32. The smallest absolute Gasteiger partial charge is 0.125 e. The number of methoxy groups -OCH3 is 1. The summed E-state index contributed by atoms with van der Waals surface area (Å²) in [5.41, 5.74) is 6.34. The lowest BCUT2D eigenvalue weighted by Crippen LogP contribution is -2.39. The number of nitrogens with zero attached hydrogens (tertiary/aromatic N) is 1. The van der Waals surface area contributed by atoms with Crippen LogP contribution in [0.2, 0.25) is 0 Å². The van der Waals surface area contributed by atoms with E-state index in [1.54, 1.807) is 19.4 Å². The monoisotopic (exact) mass is 223 g/mol. The normalized spacial score (nSPS) is 24.6. The van der Waals surface area contributed by atoms with Crippen LogP contribution in [-0.2, 0) is 9.47 Å². The van der Waals surface area contributed by atoms with E-state index in [2.05, 4.69) is 10.3 Å². The van der Waals surface area contributed by atoms with Crippen LogP contribution in [0.25, 0.3) is 0 Å². The Morgan fingerprint density at radius 1 is 1.69 bits per heavy atom. The van der Waals surface area contributed by atoms with Crippen LogP contribution >= 0.6 is 0 Å². The molecule has 2 heterocycles. The minimum absolute atomic E-state index is 0.210. The van der Waals surface area contributed by atoms with Crippen molar-refractivity contribution in [3.05, 3.63) is 18.3 Å². The number of aromatic nitrogens is 1. The minimum Gasteiger partial charge on any atom is -0.384 e. The van der Waals surface area contributed by atoms with E-state index < -0.39 is 0 Å². The minimum atomic E-state index is -0.210. The Labute approximate surface area is 95.0 Å². The average Bonchev–Trinajstić information content (AvgIpc) is 2.76. The van der Waals surface area contributed by atoms with Crippen molar-refractivity contribution in [3.63, 3.8) is 0 Å². The van der Waals surface area contributed by atoms with Crippen molar-refractivity contribution >= 4 is 11.5 Å². The predicted octanol–water partition coefficient (Wildman–Crippen LogP) is 0.881. The zero-order chi connectivity index (χ0) is 11.4. The molecule has 1 fully saturated rings. The van der Waals surface area contributed by atoms with Crippen molar-refractivity contribution in [2.24, 2.45) is 0 Å². The van der Waals surface area contributed by atoms with Crippen molar-refractivity contribution in [3.8, 4) is 0 Å². The zero-order valence-corrected chi connectivity index (χ0v) is 9.40. The summed E-state index contributed by atoms with van der Waals surface area (Å²) in [5, 5.41) is 3.29. The van der Waals surface area contributed by atoms with Crippen molar-refractivity contribution in [1.29, 1.82) is 0 Å². The average molecular weight is 223 g/mol. The van der Waals surface area contributed by atoms with Crippen molar-refractivity contribution in [2.75, 3.05) is 37.9 Å². The number of rotatable bonds is 4. The van der Waals surface area contributed by atoms with Crippen LogP contribution in [0, 0.1) is 0 Å². The highest BCUT2D eigenvalue weighted by atomic mass is 16.5. The first-order valence-electron chi connectivity index (χ1n) is 5.32. The van der Waals surface area contributed by atoms with E-state index >= 15 is 0 Å². The summed E-state index contributed by atoms with van der Waals surface area (Å²) in [6.45, 7) is 2.11. The quantitative estimate of drug-likeness (QED) is 0.793. The Morgan fingerprint density at radius 3 is 3.19 bits per heavy atom. The van der Waals surface area contributed by atoms with Gasteiger partial charge in [-0.05, 0) is 6.07 Å². The molecule has 0 bridgehead atoms. The summed E-state index contributed by atoms with van der Waals surface area (Å²) in [7, 11) is 1.72. The van der Waals surface area contributed by atoms with Crippen LogP contribution < -0.4 is 11.1 Å². The Morgan fingerprint density at radius 2 is 2.56 bits per heavy atom. The standard InChI is InChI=1S/C11H17N3O2/c1-15-11(3-5-16-8-11)7-14-9-2-4-13-10(12)6-9/h2,4,6H,3,5,7-8H2,1H3,(H3,12,13,14). The molecule has 1 aromatic rings. The summed E-state index contributed by atoms with van der Waals surface area (Å²) in [4.78, 5) is 3.94. The van der Waals surface area contributed by atoms with Crippen molar-refractivity contribution in [2.45, 2.75) is 12.0 Å². The molecular weight excluding hydrogens is 206 g/mol. The Balaban J connectivity index is 1.95. The van der Waals surface area contributed by atoms with Gasteiger partial charge in [0, 0.05) is 44.6 Å². The van der Waals surface area contributed by atoms with Crippen LogP contribution in [0.4, 0.5) is 11.5 Å². The molecule has 0 aromatic carbocycles. The molecule has 1 saturated heterocycles. The molecule has 3 N–H and O–H groups in total. The maximum absolute atomic E-state index is 5.60. The molecule has 16 heavy (non-hydrogen) atoms. The van der Waals surface area contributed by atoms with E-state index in [4.69, 9.17) is 15.2 Å². The summed E-state index contributed by atoms with van der Waals surface area (Å²) in [5.74, 6) is 0.513. The third kappa shape index (κ3) is 2.43. The fourth-order valence-electron chi connectivity index (χ4n) is 1.78. The van der Waals surface area contributed by atoms with E-state index in [-0.39, 0.29) is 5.60 Å². The van der Waals surface area contributed by atoms with E-state index in [0.29, 0.717) is 19.0 Å². The lowest BCUT2D eigenvalue weighted by molar-refractivity contribution is -0.00619. The van der Waals surface area contributed by atoms with Gasteiger partial charge in [-0.15, -0.1) is 0 Å². The van der Waals surface area contributed by atoms with E-state index in [9.17, 15) is 0 Å². The number of anilines is 2. The van der Waals surface area contributed by atoms with Crippen molar-refractivity contribution in [1.82, 2.24) is 4.98 Å². The number of hydrogen-bond acceptors (Lipinski definition) is 5. The first-order chi connectivity index (χ1) is 7.74. The van der Waals surface area contributed by atoms with E-state index in [1.807, 2.05) is 6.07 Å². The highest BCUT2D eigenvalue weighted by Crippen LogP contribution is 2.23. The Hall–Kier alpha value is -1.33. The fraction of sp³-hybridized carbons (Fsp3) is 0.545. The molecule has 0 saturated carbocycles. The third-order valence-corrected chi connectivity index (χ3v) is 2.90. The number of nitrogens with two attached hydrogens (primary N) is 1. The second-order valence-corrected chi connectivity index (χ2v) is 4.01. The van der Waals surface area contributed by atoms with Gasteiger partial charge in [0.15, 0.2) is 0 Å². The predicted molar refractivity (Wildman–Crippen MR) is 62.3 cm³/mol. The molecule has 0 amide bonds. The van der Waals surface area contributed by atoms with E-state index in [1.165, 1.54) is 0 Å². The molecule has 5 nitrogen and oxygen atoms in total. The molecule has 0 spiro atoms. The Bertz CT molecular complexity index is 351. The molecular formula is C11H17N3O2.